The molecule has 2 unspecified atom stereocenters. The standard InChI is InChI=1S/C19H23N5OS/c25-19(23-16-8-12-26-17-7-2-1-6-15(16)17)22-14-5-3-11-24(13-14)18-20-9-4-10-21-18/h1-2,4,6-7,9-10,14,16H,3,5,8,11-13H2,(H2,22,23,25). The molecule has 2 N–H and O–H groups in total. The second-order valence-electron chi connectivity index (χ2n) is 6.68. The van der Waals surface area contributed by atoms with Crippen molar-refractivity contribution < 1.29 is 4.79 Å². The molecule has 1 aromatic carbocycles. The number of amides is 2. The van der Waals surface area contributed by atoms with E-state index < -0.39 is 0 Å². The molecule has 1 aromatic heterocycles. The summed E-state index contributed by atoms with van der Waals surface area (Å²) < 4.78 is 0. The lowest BCUT2D eigenvalue weighted by molar-refractivity contribution is 0.230. The molecule has 2 aromatic rings. The van der Waals surface area contributed by atoms with Gasteiger partial charge < -0.3 is 15.5 Å². The summed E-state index contributed by atoms with van der Waals surface area (Å²) in [7, 11) is 0. The molecule has 1 fully saturated rings. The number of piperidine rings is 1. The largest absolute Gasteiger partial charge is 0.339 e. The van der Waals surface area contributed by atoms with Crippen molar-refractivity contribution in [1.29, 1.82) is 0 Å². The van der Waals surface area contributed by atoms with Gasteiger partial charge in [0.15, 0.2) is 0 Å². The number of nitrogens with zero attached hydrogens (tertiary/aromatic N) is 3. The molecule has 0 radical (unpaired) electrons. The van der Waals surface area contributed by atoms with E-state index in [0.29, 0.717) is 0 Å². The molecule has 3 heterocycles. The van der Waals surface area contributed by atoms with Gasteiger partial charge in [-0.15, -0.1) is 11.8 Å². The average molecular weight is 369 g/mol. The van der Waals surface area contributed by atoms with E-state index in [0.717, 1.165) is 44.1 Å². The van der Waals surface area contributed by atoms with Crippen LogP contribution >= 0.6 is 11.8 Å². The van der Waals surface area contributed by atoms with Crippen LogP contribution in [0.5, 0.6) is 0 Å². The number of carbonyl (C=O) groups excluding carboxylic acids is 1. The van der Waals surface area contributed by atoms with Crippen LogP contribution in [0, 0.1) is 0 Å². The summed E-state index contributed by atoms with van der Waals surface area (Å²) >= 11 is 1.86. The quantitative estimate of drug-likeness (QED) is 0.870. The predicted molar refractivity (Wildman–Crippen MR) is 103 cm³/mol. The fourth-order valence-corrected chi connectivity index (χ4v) is 4.73. The lowest BCUT2D eigenvalue weighted by Crippen LogP contribution is -2.51. The lowest BCUT2D eigenvalue weighted by atomic mass is 10.0. The monoisotopic (exact) mass is 369 g/mol. The second kappa shape index (κ2) is 7.95. The summed E-state index contributed by atoms with van der Waals surface area (Å²) in [5.74, 6) is 1.77. The summed E-state index contributed by atoms with van der Waals surface area (Å²) in [5.41, 5.74) is 1.22. The zero-order valence-electron chi connectivity index (χ0n) is 14.6. The van der Waals surface area contributed by atoms with Crippen molar-refractivity contribution in [2.75, 3.05) is 23.7 Å². The van der Waals surface area contributed by atoms with Gasteiger partial charge in [0.05, 0.1) is 6.04 Å². The van der Waals surface area contributed by atoms with Crippen molar-refractivity contribution in [2.45, 2.75) is 36.2 Å². The Morgan fingerprint density at radius 1 is 1.12 bits per heavy atom. The van der Waals surface area contributed by atoms with Crippen LogP contribution in [0.2, 0.25) is 0 Å². The maximum Gasteiger partial charge on any atom is 0.315 e. The SMILES string of the molecule is O=C(NC1CCCN(c2ncccn2)C1)NC1CCSc2ccccc21. The number of hydrogen-bond donors (Lipinski definition) is 2. The molecule has 7 heteroatoms. The van der Waals surface area contributed by atoms with Gasteiger partial charge in [-0.1, -0.05) is 18.2 Å². The fourth-order valence-electron chi connectivity index (χ4n) is 3.61. The number of thioether (sulfide) groups is 1. The highest BCUT2D eigenvalue weighted by Gasteiger charge is 2.25. The Morgan fingerprint density at radius 3 is 2.85 bits per heavy atom. The van der Waals surface area contributed by atoms with E-state index in [-0.39, 0.29) is 18.1 Å². The molecule has 4 rings (SSSR count). The van der Waals surface area contributed by atoms with Gasteiger partial charge in [-0.2, -0.15) is 0 Å². The third-order valence-electron chi connectivity index (χ3n) is 4.86. The molecule has 136 valence electrons. The van der Waals surface area contributed by atoms with Crippen LogP contribution < -0.4 is 15.5 Å². The minimum Gasteiger partial charge on any atom is -0.339 e. The van der Waals surface area contributed by atoms with Crippen molar-refractivity contribution in [2.24, 2.45) is 0 Å². The molecule has 2 amide bonds. The number of anilines is 1. The Kier molecular flexibility index (Phi) is 5.24. The zero-order chi connectivity index (χ0) is 17.8. The summed E-state index contributed by atoms with van der Waals surface area (Å²) in [4.78, 5) is 24.6. The van der Waals surface area contributed by atoms with E-state index in [2.05, 4.69) is 43.7 Å². The third kappa shape index (κ3) is 3.93. The first-order valence-corrected chi connectivity index (χ1v) is 10.1. The highest BCUT2D eigenvalue weighted by atomic mass is 32.2. The number of urea groups is 1. The first-order valence-electron chi connectivity index (χ1n) is 9.10. The number of rotatable bonds is 3. The van der Waals surface area contributed by atoms with Gasteiger partial charge in [0, 0.05) is 42.2 Å². The second-order valence-corrected chi connectivity index (χ2v) is 7.82. The Bertz CT molecular complexity index is 757. The van der Waals surface area contributed by atoms with Crippen LogP contribution in [0.15, 0.2) is 47.6 Å². The smallest absolute Gasteiger partial charge is 0.315 e. The van der Waals surface area contributed by atoms with Crippen molar-refractivity contribution in [3.05, 3.63) is 48.3 Å². The number of fused-ring (bicyclic) bond motifs is 1. The van der Waals surface area contributed by atoms with Crippen LogP contribution in [0.4, 0.5) is 10.7 Å². The molecule has 0 bridgehead atoms. The highest BCUT2D eigenvalue weighted by molar-refractivity contribution is 7.99. The predicted octanol–water partition coefficient (Wildman–Crippen LogP) is 2.98. The van der Waals surface area contributed by atoms with Gasteiger partial charge in [0.25, 0.3) is 0 Å². The highest BCUT2D eigenvalue weighted by Crippen LogP contribution is 2.35. The molecule has 0 aliphatic carbocycles. The maximum absolute atomic E-state index is 12.6. The lowest BCUT2D eigenvalue weighted by Gasteiger charge is -2.33. The Hall–Kier alpha value is -2.28. The van der Waals surface area contributed by atoms with Crippen LogP contribution in [0.1, 0.15) is 30.9 Å². The van der Waals surface area contributed by atoms with Crippen molar-refractivity contribution in [1.82, 2.24) is 20.6 Å². The van der Waals surface area contributed by atoms with Crippen LogP contribution in [0.3, 0.4) is 0 Å². The molecule has 2 aliphatic rings. The zero-order valence-corrected chi connectivity index (χ0v) is 15.4. The third-order valence-corrected chi connectivity index (χ3v) is 5.98. The Labute approximate surface area is 157 Å². The van der Waals surface area contributed by atoms with Crippen LogP contribution in [-0.2, 0) is 0 Å². The molecule has 2 aliphatic heterocycles. The van der Waals surface area contributed by atoms with Gasteiger partial charge in [-0.25, -0.2) is 14.8 Å². The number of nitrogens with one attached hydrogen (secondary N) is 2. The number of hydrogen-bond acceptors (Lipinski definition) is 5. The van der Waals surface area contributed by atoms with Crippen molar-refractivity contribution in [3.8, 4) is 0 Å². The molecule has 1 saturated heterocycles. The Balaban J connectivity index is 1.35. The number of carbonyl (C=O) groups is 1. The van der Waals surface area contributed by atoms with E-state index in [1.807, 2.05) is 23.9 Å². The minimum absolute atomic E-state index is 0.0856. The fraction of sp³-hybridized carbons (Fsp3) is 0.421. The van der Waals surface area contributed by atoms with E-state index >= 15 is 0 Å². The summed E-state index contributed by atoms with van der Waals surface area (Å²) in [6.07, 6.45) is 6.47. The number of benzene rings is 1. The van der Waals surface area contributed by atoms with Crippen LogP contribution in [-0.4, -0.2) is 40.9 Å². The van der Waals surface area contributed by atoms with E-state index in [4.69, 9.17) is 0 Å². The normalized spacial score (nSPS) is 22.4. The van der Waals surface area contributed by atoms with Crippen molar-refractivity contribution in [3.63, 3.8) is 0 Å². The van der Waals surface area contributed by atoms with Gasteiger partial charge in [0.1, 0.15) is 0 Å². The first kappa shape index (κ1) is 17.1. The van der Waals surface area contributed by atoms with Gasteiger partial charge in [0.2, 0.25) is 5.95 Å². The Morgan fingerprint density at radius 2 is 1.96 bits per heavy atom. The molecule has 0 spiro atoms. The first-order chi connectivity index (χ1) is 12.8. The van der Waals surface area contributed by atoms with Crippen LogP contribution in [0.25, 0.3) is 0 Å². The molecular formula is C19H23N5OS. The minimum atomic E-state index is -0.0856. The van der Waals surface area contributed by atoms with Gasteiger partial charge in [-0.3, -0.25) is 0 Å². The maximum atomic E-state index is 12.6. The molecule has 26 heavy (non-hydrogen) atoms. The van der Waals surface area contributed by atoms with E-state index in [1.54, 1.807) is 12.4 Å². The average Bonchev–Trinajstić information content (AvgIpc) is 2.69. The topological polar surface area (TPSA) is 70.2 Å². The number of aromatic nitrogens is 2. The molecule has 0 saturated carbocycles. The molecular weight excluding hydrogens is 346 g/mol. The summed E-state index contributed by atoms with van der Waals surface area (Å²) in [6, 6.07) is 10.3. The molecule has 6 nitrogen and oxygen atoms in total. The summed E-state index contributed by atoms with van der Waals surface area (Å²) in [5, 5.41) is 6.31. The molecule has 2 atom stereocenters. The van der Waals surface area contributed by atoms with Gasteiger partial charge in [-0.05, 0) is 37.0 Å². The summed E-state index contributed by atoms with van der Waals surface area (Å²) in [6.45, 7) is 1.67. The van der Waals surface area contributed by atoms with Gasteiger partial charge >= 0.3 is 6.03 Å². The van der Waals surface area contributed by atoms with E-state index in [9.17, 15) is 4.79 Å². The van der Waals surface area contributed by atoms with E-state index in [1.165, 1.54) is 10.5 Å². The van der Waals surface area contributed by atoms with Crippen molar-refractivity contribution >= 4 is 23.7 Å².